The van der Waals surface area contributed by atoms with Crippen molar-refractivity contribution in [3.05, 3.63) is 23.3 Å². The molecule has 318 valence electrons. The molecule has 9 nitrogen and oxygen atoms in total. The van der Waals surface area contributed by atoms with Crippen molar-refractivity contribution in [3.8, 4) is 0 Å². The van der Waals surface area contributed by atoms with Crippen LogP contribution in [0.1, 0.15) is 190 Å². The summed E-state index contributed by atoms with van der Waals surface area (Å²) in [5.41, 5.74) is -4.82. The maximum atomic E-state index is 13.8. The smallest absolute Gasteiger partial charge is 0.306 e. The van der Waals surface area contributed by atoms with E-state index in [0.717, 1.165) is 89.9 Å². The van der Waals surface area contributed by atoms with Gasteiger partial charge in [-0.15, -0.1) is 0 Å². The average Bonchev–Trinajstić information content (AvgIpc) is 3.58. The first-order chi connectivity index (χ1) is 26.7. The summed E-state index contributed by atoms with van der Waals surface area (Å²) in [6.07, 6.45) is 21.6. The van der Waals surface area contributed by atoms with Crippen LogP contribution in [0, 0.1) is 29.1 Å². The molecule has 0 spiro atoms. The average molecular weight is 785 g/mol. The molecular formula is C47H76O9. The maximum absolute atomic E-state index is 13.8. The summed E-state index contributed by atoms with van der Waals surface area (Å²) in [7, 11) is 0. The maximum Gasteiger partial charge on any atom is 0.306 e. The number of carbonyl (C=O) groups excluding carboxylic acids is 4. The molecule has 0 aromatic carbocycles. The van der Waals surface area contributed by atoms with Gasteiger partial charge in [-0.1, -0.05) is 150 Å². The van der Waals surface area contributed by atoms with Crippen LogP contribution in [0.4, 0.5) is 0 Å². The molecule has 0 heterocycles. The fraction of sp³-hybridized carbons (Fsp3) is 0.830. The Hall–Kier alpha value is -2.52. The summed E-state index contributed by atoms with van der Waals surface area (Å²) in [6, 6.07) is 0. The lowest BCUT2D eigenvalue weighted by molar-refractivity contribution is -0.229. The quantitative estimate of drug-likeness (QED) is 0.0401. The first-order valence-electron chi connectivity index (χ1n) is 22.6. The number of aliphatic hydroxyl groups is 2. The standard InChI is InChI=1S/C47H76O9/c1-8-11-14-17-20-23-26-38(48)54-32-35-30-36-41-44(6,7)47(41,56-40(50)28-25-22-19-16-13-10-3)43(55-39(49)27-24-21-18-15-12-9-2)34(5)46(36,53)37-29-33(4)42(51)45(37,52)31-35/h29-30,34,36-37,41,43,52-53H,8-28,31-32H2,1-7H3/t34-,36+,37-,41-,43-,45+,46-,47-/m1/s1. The summed E-state index contributed by atoms with van der Waals surface area (Å²) >= 11 is 0. The number of ether oxygens (including phenoxy) is 3. The molecule has 0 amide bonds. The predicted octanol–water partition coefficient (Wildman–Crippen LogP) is 9.83. The fourth-order valence-corrected chi connectivity index (χ4v) is 10.6. The third-order valence-electron chi connectivity index (χ3n) is 13.9. The van der Waals surface area contributed by atoms with Crippen molar-refractivity contribution in [3.63, 3.8) is 0 Å². The molecule has 0 aliphatic heterocycles. The van der Waals surface area contributed by atoms with Crippen molar-refractivity contribution in [1.29, 1.82) is 0 Å². The Morgan fingerprint density at radius 3 is 1.73 bits per heavy atom. The van der Waals surface area contributed by atoms with Gasteiger partial charge in [0, 0.05) is 54.8 Å². The molecule has 4 aliphatic rings. The minimum absolute atomic E-state index is 0.110. The van der Waals surface area contributed by atoms with Crippen molar-refractivity contribution in [2.24, 2.45) is 29.1 Å². The number of fused-ring (bicyclic) bond motifs is 5. The number of hydrogen-bond acceptors (Lipinski definition) is 9. The lowest BCUT2D eigenvalue weighted by Gasteiger charge is -2.53. The van der Waals surface area contributed by atoms with Gasteiger partial charge in [-0.05, 0) is 37.3 Å². The Bertz CT molecular complexity index is 1410. The number of rotatable bonds is 25. The van der Waals surface area contributed by atoms with Gasteiger partial charge in [0.25, 0.3) is 0 Å². The van der Waals surface area contributed by atoms with Crippen LogP contribution in [0.15, 0.2) is 23.3 Å². The summed E-state index contributed by atoms with van der Waals surface area (Å²) in [6.45, 7) is 13.8. The Morgan fingerprint density at radius 1 is 0.714 bits per heavy atom. The Morgan fingerprint density at radius 2 is 1.20 bits per heavy atom. The lowest BCUT2D eigenvalue weighted by atomic mass is 9.59. The SMILES string of the molecule is CCCCCCCCC(=O)OCC1=C[C@H]2[C@@H]3C(C)(C)[C@]3(OC(=O)CCCCCCCC)[C@H](OC(=O)CCCCCCCC)[C@@H](C)[C@]2(O)[C@@H]2C=C(C)C(=O)[C@]2(O)C1. The van der Waals surface area contributed by atoms with Crippen LogP contribution < -0.4 is 0 Å². The lowest BCUT2D eigenvalue weighted by Crippen LogP contribution is -2.66. The minimum atomic E-state index is -1.99. The van der Waals surface area contributed by atoms with Crippen molar-refractivity contribution >= 4 is 23.7 Å². The van der Waals surface area contributed by atoms with Gasteiger partial charge in [-0.25, -0.2) is 0 Å². The van der Waals surface area contributed by atoms with Crippen LogP contribution in [0.5, 0.6) is 0 Å². The highest BCUT2D eigenvalue weighted by Gasteiger charge is 2.88. The van der Waals surface area contributed by atoms with Crippen LogP contribution in [0.25, 0.3) is 0 Å². The van der Waals surface area contributed by atoms with Crippen LogP contribution in [0.2, 0.25) is 0 Å². The molecule has 0 saturated heterocycles. The monoisotopic (exact) mass is 785 g/mol. The van der Waals surface area contributed by atoms with Crippen LogP contribution in [-0.2, 0) is 33.4 Å². The van der Waals surface area contributed by atoms with E-state index in [1.165, 1.54) is 12.8 Å². The molecule has 0 aromatic heterocycles. The molecule has 9 heteroatoms. The van der Waals surface area contributed by atoms with Gasteiger partial charge >= 0.3 is 17.9 Å². The van der Waals surface area contributed by atoms with E-state index in [4.69, 9.17) is 14.2 Å². The summed E-state index contributed by atoms with van der Waals surface area (Å²) in [4.78, 5) is 54.3. The Labute approximate surface area is 338 Å². The van der Waals surface area contributed by atoms with Crippen molar-refractivity contribution in [2.75, 3.05) is 6.61 Å². The van der Waals surface area contributed by atoms with Gasteiger partial charge in [0.15, 0.2) is 11.4 Å². The van der Waals surface area contributed by atoms with Gasteiger partial charge in [0.1, 0.15) is 18.3 Å². The van der Waals surface area contributed by atoms with E-state index in [2.05, 4.69) is 20.8 Å². The molecule has 2 N–H and O–H groups in total. The zero-order valence-electron chi connectivity index (χ0n) is 36.1. The van der Waals surface area contributed by atoms with E-state index in [9.17, 15) is 29.4 Å². The van der Waals surface area contributed by atoms with Gasteiger partial charge in [0.2, 0.25) is 0 Å². The summed E-state index contributed by atoms with van der Waals surface area (Å²) < 4.78 is 18.8. The molecule has 0 radical (unpaired) electrons. The summed E-state index contributed by atoms with van der Waals surface area (Å²) in [5, 5.41) is 25.7. The third kappa shape index (κ3) is 9.84. The van der Waals surface area contributed by atoms with Crippen molar-refractivity contribution in [1.82, 2.24) is 0 Å². The Kier molecular flexibility index (Phi) is 16.9. The molecule has 4 aliphatic carbocycles. The largest absolute Gasteiger partial charge is 0.461 e. The second-order valence-electron chi connectivity index (χ2n) is 18.4. The molecule has 8 atom stereocenters. The fourth-order valence-electron chi connectivity index (χ4n) is 10.6. The molecule has 2 fully saturated rings. The van der Waals surface area contributed by atoms with Gasteiger partial charge in [0.05, 0.1) is 5.60 Å². The zero-order chi connectivity index (χ0) is 41.1. The number of unbranched alkanes of at least 4 members (excludes halogenated alkanes) is 15. The number of ketones is 1. The molecule has 56 heavy (non-hydrogen) atoms. The van der Waals surface area contributed by atoms with E-state index in [0.29, 0.717) is 24.0 Å². The summed E-state index contributed by atoms with van der Waals surface area (Å²) in [5.74, 6) is -4.63. The molecule has 0 aromatic rings. The molecular weight excluding hydrogens is 709 g/mol. The number of esters is 3. The first-order valence-corrected chi connectivity index (χ1v) is 22.6. The van der Waals surface area contributed by atoms with E-state index >= 15 is 0 Å². The topological polar surface area (TPSA) is 136 Å². The van der Waals surface area contributed by atoms with Crippen LogP contribution >= 0.6 is 0 Å². The van der Waals surface area contributed by atoms with Gasteiger partial charge in [-0.3, -0.25) is 19.2 Å². The van der Waals surface area contributed by atoms with Crippen LogP contribution in [0.3, 0.4) is 0 Å². The van der Waals surface area contributed by atoms with Gasteiger partial charge in [-0.2, -0.15) is 0 Å². The highest BCUT2D eigenvalue weighted by atomic mass is 16.6. The van der Waals surface area contributed by atoms with E-state index in [1.54, 1.807) is 19.9 Å². The number of carbonyl (C=O) groups is 4. The molecule has 4 rings (SSSR count). The zero-order valence-corrected chi connectivity index (χ0v) is 36.1. The highest BCUT2D eigenvalue weighted by Crippen LogP contribution is 2.77. The van der Waals surface area contributed by atoms with Gasteiger partial charge < -0.3 is 24.4 Å². The third-order valence-corrected chi connectivity index (χ3v) is 13.9. The minimum Gasteiger partial charge on any atom is -0.461 e. The van der Waals surface area contributed by atoms with E-state index < -0.39 is 63.7 Å². The van der Waals surface area contributed by atoms with E-state index in [1.807, 2.05) is 19.9 Å². The van der Waals surface area contributed by atoms with Crippen molar-refractivity contribution in [2.45, 2.75) is 213 Å². The van der Waals surface area contributed by atoms with Crippen molar-refractivity contribution < 1.29 is 43.6 Å². The number of hydrogen-bond donors (Lipinski definition) is 2. The Balaban J connectivity index is 1.65. The first kappa shape index (κ1) is 46.2. The van der Waals surface area contributed by atoms with Crippen LogP contribution in [-0.4, -0.2) is 63.4 Å². The molecule has 0 unspecified atom stereocenters. The highest BCUT2D eigenvalue weighted by molar-refractivity contribution is 6.04. The second-order valence-corrected chi connectivity index (χ2v) is 18.4. The molecule has 0 bridgehead atoms. The second kappa shape index (κ2) is 20.4. The normalized spacial score (nSPS) is 31.3. The predicted molar refractivity (Wildman–Crippen MR) is 218 cm³/mol. The number of Topliss-reactive ketones (excluding diaryl/α,β-unsaturated/α-hetero) is 1. The molecule has 2 saturated carbocycles. The van der Waals surface area contributed by atoms with E-state index in [-0.39, 0.29) is 44.2 Å².